The molecule has 0 saturated heterocycles. The highest BCUT2D eigenvalue weighted by Crippen LogP contribution is 2.22. The number of amides is 2. The number of carbonyl (C=O) groups excluding carboxylic acids is 1. The summed E-state index contributed by atoms with van der Waals surface area (Å²) in [5.41, 5.74) is 1.51. The highest BCUT2D eigenvalue weighted by molar-refractivity contribution is 7.84. The fraction of sp³-hybridized carbons (Fsp3) is 0.235. The van der Waals surface area contributed by atoms with Crippen molar-refractivity contribution in [3.8, 4) is 0 Å². The average Bonchev–Trinajstić information content (AvgIpc) is 2.53. The molecule has 0 saturated carbocycles. The van der Waals surface area contributed by atoms with Crippen LogP contribution in [0.15, 0.2) is 54.6 Å². The first-order valence-electron chi connectivity index (χ1n) is 7.21. The van der Waals surface area contributed by atoms with Crippen LogP contribution < -0.4 is 10.6 Å². The van der Waals surface area contributed by atoms with Crippen LogP contribution in [0.3, 0.4) is 0 Å². The molecule has 2 N–H and O–H groups in total. The van der Waals surface area contributed by atoms with Gasteiger partial charge in [0.1, 0.15) is 5.82 Å². The van der Waals surface area contributed by atoms with Crippen molar-refractivity contribution in [3.63, 3.8) is 0 Å². The van der Waals surface area contributed by atoms with Gasteiger partial charge >= 0.3 is 6.03 Å². The molecule has 0 bridgehead atoms. The lowest BCUT2D eigenvalue weighted by atomic mass is 9.99. The first kappa shape index (κ1) is 17.1. The quantitative estimate of drug-likeness (QED) is 0.853. The van der Waals surface area contributed by atoms with E-state index >= 15 is 0 Å². The standard InChI is InChI=1S/C17H19FN2O2S/c1-23(22)11-10-19-17(21)20-16(13-6-3-2-4-7-13)14-8-5-9-15(18)12-14/h2-9,12,16H,10-11H2,1H3,(H2,19,20,21)/t16-,23+/m1/s1. The molecule has 2 aromatic rings. The summed E-state index contributed by atoms with van der Waals surface area (Å²) in [5.74, 6) is 0.0376. The summed E-state index contributed by atoms with van der Waals surface area (Å²) in [6.45, 7) is 0.319. The number of hydrogen-bond donors (Lipinski definition) is 2. The van der Waals surface area contributed by atoms with Gasteiger partial charge in [0.2, 0.25) is 0 Å². The summed E-state index contributed by atoms with van der Waals surface area (Å²) in [5, 5.41) is 5.50. The van der Waals surface area contributed by atoms with E-state index in [9.17, 15) is 13.4 Å². The van der Waals surface area contributed by atoms with Crippen LogP contribution in [0.25, 0.3) is 0 Å². The van der Waals surface area contributed by atoms with Crippen LogP contribution in [0.2, 0.25) is 0 Å². The van der Waals surface area contributed by atoms with Gasteiger partial charge in [-0.2, -0.15) is 0 Å². The molecular weight excluding hydrogens is 315 g/mol. The summed E-state index contributed by atoms with van der Waals surface area (Å²) in [4.78, 5) is 12.1. The fourth-order valence-electron chi connectivity index (χ4n) is 2.18. The molecule has 2 atom stereocenters. The van der Waals surface area contributed by atoms with Gasteiger partial charge in [-0.3, -0.25) is 4.21 Å². The Morgan fingerprint density at radius 1 is 1.13 bits per heavy atom. The summed E-state index contributed by atoms with van der Waals surface area (Å²) in [6, 6.07) is 14.6. The largest absolute Gasteiger partial charge is 0.337 e. The third-order valence-corrected chi connectivity index (χ3v) is 4.04. The minimum atomic E-state index is -0.962. The molecule has 122 valence electrons. The Morgan fingerprint density at radius 2 is 1.83 bits per heavy atom. The van der Waals surface area contributed by atoms with Crippen LogP contribution in [0.1, 0.15) is 17.2 Å². The van der Waals surface area contributed by atoms with Gasteiger partial charge in [-0.15, -0.1) is 0 Å². The zero-order valence-electron chi connectivity index (χ0n) is 12.8. The molecule has 0 aliphatic rings. The lowest BCUT2D eigenvalue weighted by Gasteiger charge is -2.20. The van der Waals surface area contributed by atoms with Gasteiger partial charge in [-0.1, -0.05) is 42.5 Å². The zero-order valence-corrected chi connectivity index (χ0v) is 13.6. The molecular formula is C17H19FN2O2S. The van der Waals surface area contributed by atoms with Crippen LogP contribution in [0, 0.1) is 5.82 Å². The van der Waals surface area contributed by atoms with Crippen molar-refractivity contribution in [2.45, 2.75) is 6.04 Å². The SMILES string of the molecule is C[S@](=O)CCNC(=O)N[C@H](c1ccccc1)c1cccc(F)c1. The van der Waals surface area contributed by atoms with E-state index in [1.165, 1.54) is 12.1 Å². The minimum Gasteiger partial charge on any atom is -0.337 e. The summed E-state index contributed by atoms with van der Waals surface area (Å²) in [7, 11) is -0.962. The van der Waals surface area contributed by atoms with Gasteiger partial charge in [-0.05, 0) is 23.3 Å². The lowest BCUT2D eigenvalue weighted by Crippen LogP contribution is -2.39. The van der Waals surface area contributed by atoms with Gasteiger partial charge < -0.3 is 10.6 Å². The lowest BCUT2D eigenvalue weighted by molar-refractivity contribution is 0.239. The first-order valence-corrected chi connectivity index (χ1v) is 8.94. The Hall–Kier alpha value is -2.21. The molecule has 0 radical (unpaired) electrons. The highest BCUT2D eigenvalue weighted by atomic mass is 32.2. The number of carbonyl (C=O) groups is 1. The number of halogens is 1. The number of benzene rings is 2. The monoisotopic (exact) mass is 334 g/mol. The van der Waals surface area contributed by atoms with E-state index in [4.69, 9.17) is 0 Å². The van der Waals surface area contributed by atoms with Crippen LogP contribution in [0.5, 0.6) is 0 Å². The van der Waals surface area contributed by atoms with E-state index in [1.54, 1.807) is 18.4 Å². The smallest absolute Gasteiger partial charge is 0.315 e. The highest BCUT2D eigenvalue weighted by Gasteiger charge is 2.17. The van der Waals surface area contributed by atoms with Crippen LogP contribution in [-0.2, 0) is 10.8 Å². The maximum Gasteiger partial charge on any atom is 0.315 e. The fourth-order valence-corrected chi connectivity index (χ4v) is 2.57. The molecule has 0 fully saturated rings. The Morgan fingerprint density at radius 3 is 2.48 bits per heavy atom. The van der Waals surface area contributed by atoms with Gasteiger partial charge in [0.05, 0.1) is 6.04 Å². The van der Waals surface area contributed by atoms with Crippen molar-refractivity contribution < 1.29 is 13.4 Å². The number of hydrogen-bond acceptors (Lipinski definition) is 2. The van der Waals surface area contributed by atoms with Crippen molar-refractivity contribution in [2.24, 2.45) is 0 Å². The molecule has 0 aliphatic carbocycles. The van der Waals surface area contributed by atoms with Crippen molar-refractivity contribution >= 4 is 16.8 Å². The molecule has 0 aliphatic heterocycles. The van der Waals surface area contributed by atoms with Gasteiger partial charge in [0, 0.05) is 29.4 Å². The third-order valence-electron chi connectivity index (χ3n) is 3.27. The number of rotatable bonds is 6. The predicted molar refractivity (Wildman–Crippen MR) is 90.2 cm³/mol. The minimum absolute atomic E-state index is 0.319. The van der Waals surface area contributed by atoms with Gasteiger partial charge in [0.15, 0.2) is 0 Å². The Bertz CT molecular complexity index is 679. The maximum atomic E-state index is 13.5. The molecule has 2 rings (SSSR count). The van der Waals surface area contributed by atoms with Crippen molar-refractivity contribution in [1.29, 1.82) is 0 Å². The molecule has 6 heteroatoms. The van der Waals surface area contributed by atoms with Gasteiger partial charge in [-0.25, -0.2) is 9.18 Å². The second-order valence-electron chi connectivity index (χ2n) is 5.08. The average molecular weight is 334 g/mol. The summed E-state index contributed by atoms with van der Waals surface area (Å²) >= 11 is 0. The molecule has 23 heavy (non-hydrogen) atoms. The molecule has 0 unspecified atom stereocenters. The Labute approximate surface area is 137 Å². The van der Waals surface area contributed by atoms with E-state index in [0.29, 0.717) is 17.9 Å². The normalized spacial score (nSPS) is 13.1. The molecule has 4 nitrogen and oxygen atoms in total. The first-order chi connectivity index (χ1) is 11.1. The van der Waals surface area contributed by atoms with E-state index in [0.717, 1.165) is 5.56 Å². The third kappa shape index (κ3) is 5.49. The molecule has 2 aromatic carbocycles. The Kier molecular flexibility index (Phi) is 6.29. The van der Waals surface area contributed by atoms with E-state index in [2.05, 4.69) is 10.6 Å². The maximum absolute atomic E-state index is 13.5. The molecule has 2 amide bonds. The van der Waals surface area contributed by atoms with Crippen molar-refractivity contribution in [1.82, 2.24) is 10.6 Å². The van der Waals surface area contributed by atoms with Gasteiger partial charge in [0.25, 0.3) is 0 Å². The number of nitrogens with one attached hydrogen (secondary N) is 2. The molecule has 0 aromatic heterocycles. The van der Waals surface area contributed by atoms with E-state index in [1.807, 2.05) is 30.3 Å². The summed E-state index contributed by atoms with van der Waals surface area (Å²) in [6.07, 6.45) is 1.58. The summed E-state index contributed by atoms with van der Waals surface area (Å²) < 4.78 is 24.5. The van der Waals surface area contributed by atoms with E-state index < -0.39 is 16.8 Å². The molecule has 0 spiro atoms. The van der Waals surface area contributed by atoms with Crippen LogP contribution in [0.4, 0.5) is 9.18 Å². The predicted octanol–water partition coefficient (Wildman–Crippen LogP) is 2.59. The van der Waals surface area contributed by atoms with Crippen molar-refractivity contribution in [3.05, 3.63) is 71.5 Å². The zero-order chi connectivity index (χ0) is 16.7. The second kappa shape index (κ2) is 8.43. The Balaban J connectivity index is 2.15. The topological polar surface area (TPSA) is 58.2 Å². The van der Waals surface area contributed by atoms with Crippen LogP contribution in [-0.4, -0.2) is 28.8 Å². The number of urea groups is 1. The van der Waals surface area contributed by atoms with E-state index in [-0.39, 0.29) is 11.8 Å². The molecule has 0 heterocycles. The van der Waals surface area contributed by atoms with Crippen LogP contribution >= 0.6 is 0 Å². The second-order valence-corrected chi connectivity index (χ2v) is 6.63. The van der Waals surface area contributed by atoms with Crippen molar-refractivity contribution in [2.75, 3.05) is 18.6 Å².